The van der Waals surface area contributed by atoms with Crippen molar-refractivity contribution in [2.75, 3.05) is 13.1 Å². The van der Waals surface area contributed by atoms with Crippen molar-refractivity contribution in [1.29, 1.82) is 0 Å². The summed E-state index contributed by atoms with van der Waals surface area (Å²) in [5.74, 6) is 0.390. The zero-order chi connectivity index (χ0) is 12.1. The maximum atomic E-state index is 11.4. The highest BCUT2D eigenvalue weighted by Gasteiger charge is 2.23. The summed E-state index contributed by atoms with van der Waals surface area (Å²) in [7, 11) is 0. The Morgan fingerprint density at radius 2 is 1.88 bits per heavy atom. The maximum absolute atomic E-state index is 11.4. The number of carbonyl (C=O) groups excluding carboxylic acids is 2. The summed E-state index contributed by atoms with van der Waals surface area (Å²) in [4.78, 5) is 24.4. The molecular formula is C12H21NO3. The van der Waals surface area contributed by atoms with Crippen LogP contribution in [0, 0.1) is 5.92 Å². The van der Waals surface area contributed by atoms with Crippen molar-refractivity contribution < 1.29 is 14.3 Å². The van der Waals surface area contributed by atoms with Gasteiger partial charge in [-0.15, -0.1) is 0 Å². The molecule has 0 saturated carbocycles. The number of amides is 1. The van der Waals surface area contributed by atoms with E-state index in [1.165, 1.54) is 0 Å². The molecular weight excluding hydrogens is 206 g/mol. The first-order valence-electron chi connectivity index (χ1n) is 5.94. The second-order valence-corrected chi connectivity index (χ2v) is 4.69. The average molecular weight is 227 g/mol. The Kier molecular flexibility index (Phi) is 4.77. The highest BCUT2D eigenvalue weighted by molar-refractivity contribution is 5.73. The Morgan fingerprint density at radius 3 is 2.31 bits per heavy atom. The summed E-state index contributed by atoms with van der Waals surface area (Å²) in [5, 5.41) is 0. The Bertz CT molecular complexity index is 255. The average Bonchev–Trinajstić information content (AvgIpc) is 2.16. The van der Waals surface area contributed by atoms with Crippen LogP contribution in [0.25, 0.3) is 0 Å². The molecule has 0 aromatic carbocycles. The number of carbonyl (C=O) groups is 2. The second-order valence-electron chi connectivity index (χ2n) is 4.69. The Labute approximate surface area is 96.9 Å². The molecule has 92 valence electrons. The van der Waals surface area contributed by atoms with Gasteiger partial charge in [-0.3, -0.25) is 9.59 Å². The summed E-state index contributed by atoms with van der Waals surface area (Å²) in [5.41, 5.74) is 0. The maximum Gasteiger partial charge on any atom is 0.306 e. The number of esters is 1. The number of rotatable bonds is 3. The van der Waals surface area contributed by atoms with E-state index >= 15 is 0 Å². The predicted octanol–water partition coefficient (Wildman–Crippen LogP) is 1.59. The molecule has 1 amide bonds. The van der Waals surface area contributed by atoms with Crippen LogP contribution in [0.2, 0.25) is 0 Å². The van der Waals surface area contributed by atoms with E-state index in [1.807, 2.05) is 18.7 Å². The lowest BCUT2D eigenvalue weighted by atomic mass is 9.93. The fourth-order valence-electron chi connectivity index (χ4n) is 2.00. The summed E-state index contributed by atoms with van der Waals surface area (Å²) in [6.45, 7) is 6.85. The molecule has 16 heavy (non-hydrogen) atoms. The van der Waals surface area contributed by atoms with Gasteiger partial charge in [0.2, 0.25) is 5.91 Å². The molecule has 0 N–H and O–H groups in total. The molecule has 0 spiro atoms. The van der Waals surface area contributed by atoms with E-state index < -0.39 is 0 Å². The first-order chi connectivity index (χ1) is 7.49. The topological polar surface area (TPSA) is 46.6 Å². The molecule has 0 aliphatic carbocycles. The summed E-state index contributed by atoms with van der Waals surface area (Å²) < 4.78 is 5.11. The summed E-state index contributed by atoms with van der Waals surface area (Å²) in [6.07, 6.45) is 2.27. The lowest BCUT2D eigenvalue weighted by Crippen LogP contribution is -2.37. The Morgan fingerprint density at radius 1 is 1.31 bits per heavy atom. The highest BCUT2D eigenvalue weighted by atomic mass is 16.5. The van der Waals surface area contributed by atoms with Crippen LogP contribution in [-0.2, 0) is 14.3 Å². The van der Waals surface area contributed by atoms with Crippen LogP contribution in [0.15, 0.2) is 0 Å². The van der Waals surface area contributed by atoms with Crippen LogP contribution in [0.1, 0.15) is 40.0 Å². The van der Waals surface area contributed by atoms with Crippen LogP contribution in [0.4, 0.5) is 0 Å². The monoisotopic (exact) mass is 227 g/mol. The Balaban J connectivity index is 2.26. The largest absolute Gasteiger partial charge is 0.463 e. The molecule has 0 unspecified atom stereocenters. The van der Waals surface area contributed by atoms with Crippen molar-refractivity contribution in [2.24, 2.45) is 5.92 Å². The van der Waals surface area contributed by atoms with E-state index in [-0.39, 0.29) is 18.0 Å². The van der Waals surface area contributed by atoms with E-state index in [2.05, 4.69) is 0 Å². The quantitative estimate of drug-likeness (QED) is 0.688. The van der Waals surface area contributed by atoms with Gasteiger partial charge in [-0.2, -0.15) is 0 Å². The number of nitrogens with zero attached hydrogens (tertiary/aromatic N) is 1. The van der Waals surface area contributed by atoms with E-state index in [0.717, 1.165) is 25.9 Å². The molecule has 1 fully saturated rings. The van der Waals surface area contributed by atoms with Crippen LogP contribution in [-0.4, -0.2) is 36.0 Å². The lowest BCUT2D eigenvalue weighted by Gasteiger charge is -2.30. The second kappa shape index (κ2) is 5.87. The minimum Gasteiger partial charge on any atom is -0.463 e. The van der Waals surface area contributed by atoms with Crippen molar-refractivity contribution >= 4 is 11.9 Å². The van der Waals surface area contributed by atoms with Crippen LogP contribution < -0.4 is 0 Å². The molecule has 1 aliphatic heterocycles. The van der Waals surface area contributed by atoms with Gasteiger partial charge in [-0.25, -0.2) is 0 Å². The first-order valence-corrected chi connectivity index (χ1v) is 5.94. The van der Waals surface area contributed by atoms with Crippen LogP contribution >= 0.6 is 0 Å². The lowest BCUT2D eigenvalue weighted by molar-refractivity contribution is -0.148. The summed E-state index contributed by atoms with van der Waals surface area (Å²) in [6, 6.07) is 0. The van der Waals surface area contributed by atoms with Gasteiger partial charge in [0, 0.05) is 26.4 Å². The van der Waals surface area contributed by atoms with Gasteiger partial charge < -0.3 is 9.64 Å². The van der Waals surface area contributed by atoms with Gasteiger partial charge in [-0.1, -0.05) is 0 Å². The van der Waals surface area contributed by atoms with Crippen molar-refractivity contribution in [3.63, 3.8) is 0 Å². The van der Waals surface area contributed by atoms with Crippen LogP contribution in [0.5, 0.6) is 0 Å². The number of ether oxygens (including phenoxy) is 1. The highest BCUT2D eigenvalue weighted by Crippen LogP contribution is 2.21. The SMILES string of the molecule is CC(=O)N1CCC(CC(=O)OC(C)C)CC1. The molecule has 4 heteroatoms. The molecule has 4 nitrogen and oxygen atoms in total. The molecule has 0 aromatic heterocycles. The number of piperidine rings is 1. The zero-order valence-corrected chi connectivity index (χ0v) is 10.4. The molecule has 0 atom stereocenters. The molecule has 0 radical (unpaired) electrons. The third-order valence-corrected chi connectivity index (χ3v) is 2.88. The van der Waals surface area contributed by atoms with E-state index in [9.17, 15) is 9.59 Å². The van der Waals surface area contributed by atoms with Crippen molar-refractivity contribution in [1.82, 2.24) is 4.90 Å². The van der Waals surface area contributed by atoms with Crippen molar-refractivity contribution in [3.8, 4) is 0 Å². The third kappa shape index (κ3) is 4.21. The van der Waals surface area contributed by atoms with Gasteiger partial charge in [0.25, 0.3) is 0 Å². The van der Waals surface area contributed by atoms with Crippen LogP contribution in [0.3, 0.4) is 0 Å². The predicted molar refractivity (Wildman–Crippen MR) is 60.8 cm³/mol. The van der Waals surface area contributed by atoms with Crippen molar-refractivity contribution in [3.05, 3.63) is 0 Å². The smallest absolute Gasteiger partial charge is 0.306 e. The fourth-order valence-corrected chi connectivity index (χ4v) is 2.00. The first kappa shape index (κ1) is 13.0. The minimum absolute atomic E-state index is 0.0372. The number of hydrogen-bond donors (Lipinski definition) is 0. The molecule has 0 bridgehead atoms. The van der Waals surface area contributed by atoms with Crippen molar-refractivity contribution in [2.45, 2.75) is 46.1 Å². The number of likely N-dealkylation sites (tertiary alicyclic amines) is 1. The molecule has 1 rings (SSSR count). The van der Waals surface area contributed by atoms with Gasteiger partial charge in [0.1, 0.15) is 0 Å². The minimum atomic E-state index is -0.115. The van der Waals surface area contributed by atoms with Gasteiger partial charge in [-0.05, 0) is 32.6 Å². The fraction of sp³-hybridized carbons (Fsp3) is 0.833. The third-order valence-electron chi connectivity index (χ3n) is 2.88. The normalized spacial score (nSPS) is 17.6. The Hall–Kier alpha value is -1.06. The summed E-state index contributed by atoms with van der Waals surface area (Å²) >= 11 is 0. The van der Waals surface area contributed by atoms with Gasteiger partial charge in [0.15, 0.2) is 0 Å². The van der Waals surface area contributed by atoms with E-state index in [1.54, 1.807) is 6.92 Å². The van der Waals surface area contributed by atoms with E-state index in [4.69, 9.17) is 4.74 Å². The van der Waals surface area contributed by atoms with Gasteiger partial charge >= 0.3 is 5.97 Å². The molecule has 0 aromatic rings. The standard InChI is InChI=1S/C12H21NO3/c1-9(2)16-12(15)8-11-4-6-13(7-5-11)10(3)14/h9,11H,4-8H2,1-3H3. The van der Waals surface area contributed by atoms with E-state index in [0.29, 0.717) is 12.3 Å². The molecule has 1 heterocycles. The van der Waals surface area contributed by atoms with Gasteiger partial charge in [0.05, 0.1) is 6.10 Å². The molecule has 1 aliphatic rings. The molecule has 1 saturated heterocycles. The zero-order valence-electron chi connectivity index (χ0n) is 10.4. The number of hydrogen-bond acceptors (Lipinski definition) is 3.